The van der Waals surface area contributed by atoms with Crippen LogP contribution in [0.4, 0.5) is 0 Å². The van der Waals surface area contributed by atoms with Crippen LogP contribution in [-0.4, -0.2) is 44.8 Å². The molecular formula is C13H23N5. The molecule has 0 aromatic carbocycles. The second-order valence-electron chi connectivity index (χ2n) is 5.46. The van der Waals surface area contributed by atoms with Gasteiger partial charge in [-0.3, -0.25) is 4.90 Å². The summed E-state index contributed by atoms with van der Waals surface area (Å²) < 4.78 is 2.23. The fraction of sp³-hybridized carbons (Fsp3) is 0.846. The van der Waals surface area contributed by atoms with Crippen LogP contribution in [0.25, 0.3) is 0 Å². The van der Waals surface area contributed by atoms with E-state index in [1.165, 1.54) is 19.3 Å². The van der Waals surface area contributed by atoms with Crippen LogP contribution in [0.3, 0.4) is 0 Å². The van der Waals surface area contributed by atoms with Crippen molar-refractivity contribution in [1.29, 1.82) is 0 Å². The van der Waals surface area contributed by atoms with Gasteiger partial charge < -0.3 is 9.88 Å². The van der Waals surface area contributed by atoms with E-state index in [0.717, 1.165) is 43.9 Å². The molecule has 1 aromatic heterocycles. The third-order valence-electron chi connectivity index (χ3n) is 4.17. The van der Waals surface area contributed by atoms with Crippen molar-refractivity contribution in [2.24, 2.45) is 0 Å². The summed E-state index contributed by atoms with van der Waals surface area (Å²) in [5.41, 5.74) is 0. The highest BCUT2D eigenvalue weighted by Crippen LogP contribution is 2.31. The molecule has 1 aliphatic heterocycles. The summed E-state index contributed by atoms with van der Waals surface area (Å²) in [6, 6.07) is 1.48. The average Bonchev–Trinajstić information content (AvgIpc) is 2.94. The van der Waals surface area contributed by atoms with Crippen LogP contribution >= 0.6 is 0 Å². The average molecular weight is 249 g/mol. The first-order chi connectivity index (χ1) is 8.79. The highest BCUT2D eigenvalue weighted by Gasteiger charge is 2.35. The molecule has 1 saturated carbocycles. The van der Waals surface area contributed by atoms with Crippen LogP contribution in [0.2, 0.25) is 0 Å². The van der Waals surface area contributed by atoms with Crippen LogP contribution < -0.4 is 5.32 Å². The zero-order valence-electron chi connectivity index (χ0n) is 11.4. The van der Waals surface area contributed by atoms with Crippen LogP contribution in [0, 0.1) is 6.92 Å². The lowest BCUT2D eigenvalue weighted by atomic mass is 10.2. The highest BCUT2D eigenvalue weighted by atomic mass is 15.3. The highest BCUT2D eigenvalue weighted by molar-refractivity contribution is 4.99. The Hall–Kier alpha value is -0.940. The van der Waals surface area contributed by atoms with E-state index < -0.39 is 0 Å². The van der Waals surface area contributed by atoms with Gasteiger partial charge in [-0.25, -0.2) is 0 Å². The Balaban J connectivity index is 1.75. The van der Waals surface area contributed by atoms with Crippen molar-refractivity contribution in [3.8, 4) is 0 Å². The van der Waals surface area contributed by atoms with Crippen molar-refractivity contribution in [3.05, 3.63) is 11.6 Å². The molecule has 1 unspecified atom stereocenters. The number of hydrogen-bond donors (Lipinski definition) is 1. The first-order valence-electron chi connectivity index (χ1n) is 7.14. The first kappa shape index (κ1) is 12.1. The molecule has 1 atom stereocenters. The molecule has 0 bridgehead atoms. The van der Waals surface area contributed by atoms with Crippen LogP contribution in [-0.2, 0) is 13.1 Å². The molecule has 0 radical (unpaired) electrons. The van der Waals surface area contributed by atoms with Crippen LogP contribution in [0.15, 0.2) is 0 Å². The Bertz CT molecular complexity index is 404. The third-order valence-corrected chi connectivity index (χ3v) is 4.17. The number of nitrogens with zero attached hydrogens (tertiary/aromatic N) is 4. The molecule has 2 fully saturated rings. The van der Waals surface area contributed by atoms with Gasteiger partial charge in [-0.15, -0.1) is 10.2 Å². The SMILES string of the molecule is CCn1c(C)nnc1CN(C1CC1)C1CCNC1. The molecule has 1 aliphatic carbocycles. The normalized spacial score (nSPS) is 24.1. The zero-order valence-corrected chi connectivity index (χ0v) is 11.4. The van der Waals surface area contributed by atoms with Gasteiger partial charge in [0.05, 0.1) is 6.54 Å². The maximum Gasteiger partial charge on any atom is 0.147 e. The molecule has 1 aromatic rings. The number of hydrogen-bond acceptors (Lipinski definition) is 4. The van der Waals surface area contributed by atoms with Crippen LogP contribution in [0.1, 0.15) is 37.8 Å². The molecule has 0 spiro atoms. The topological polar surface area (TPSA) is 46.0 Å². The van der Waals surface area contributed by atoms with Crippen molar-refractivity contribution < 1.29 is 0 Å². The minimum absolute atomic E-state index is 0.694. The van der Waals surface area contributed by atoms with E-state index in [1.54, 1.807) is 0 Å². The molecule has 0 amide bonds. The Kier molecular flexibility index (Phi) is 3.35. The first-order valence-corrected chi connectivity index (χ1v) is 7.14. The smallest absolute Gasteiger partial charge is 0.147 e. The summed E-state index contributed by atoms with van der Waals surface area (Å²) in [7, 11) is 0. The summed E-state index contributed by atoms with van der Waals surface area (Å²) >= 11 is 0. The standard InChI is InChI=1S/C13H23N5/c1-3-17-10(2)15-16-13(17)9-18(11-4-5-11)12-6-7-14-8-12/h11-12,14H,3-9H2,1-2H3. The lowest BCUT2D eigenvalue weighted by molar-refractivity contribution is 0.181. The molecule has 1 N–H and O–H groups in total. The van der Waals surface area contributed by atoms with Gasteiger partial charge in [0.25, 0.3) is 0 Å². The van der Waals surface area contributed by atoms with E-state index in [0.29, 0.717) is 6.04 Å². The van der Waals surface area contributed by atoms with Gasteiger partial charge >= 0.3 is 0 Å². The predicted molar refractivity (Wildman–Crippen MR) is 70.3 cm³/mol. The van der Waals surface area contributed by atoms with Gasteiger partial charge in [0.1, 0.15) is 11.6 Å². The second kappa shape index (κ2) is 4.97. The predicted octanol–water partition coefficient (Wildman–Crippen LogP) is 0.933. The number of nitrogens with one attached hydrogen (secondary N) is 1. The minimum atomic E-state index is 0.694. The molecule has 5 nitrogen and oxygen atoms in total. The van der Waals surface area contributed by atoms with E-state index in [2.05, 4.69) is 31.9 Å². The maximum absolute atomic E-state index is 4.36. The molecule has 1 saturated heterocycles. The summed E-state index contributed by atoms with van der Waals surface area (Å²) in [6.45, 7) is 8.43. The van der Waals surface area contributed by atoms with E-state index in [-0.39, 0.29) is 0 Å². The van der Waals surface area contributed by atoms with Gasteiger partial charge in [-0.2, -0.15) is 0 Å². The fourth-order valence-electron chi connectivity index (χ4n) is 3.00. The summed E-state index contributed by atoms with van der Waals surface area (Å²) in [4.78, 5) is 2.65. The van der Waals surface area contributed by atoms with Crippen molar-refractivity contribution >= 4 is 0 Å². The molecule has 100 valence electrons. The van der Waals surface area contributed by atoms with E-state index >= 15 is 0 Å². The summed E-state index contributed by atoms with van der Waals surface area (Å²) in [6.07, 6.45) is 3.99. The van der Waals surface area contributed by atoms with E-state index in [9.17, 15) is 0 Å². The van der Waals surface area contributed by atoms with E-state index in [4.69, 9.17) is 0 Å². The Morgan fingerprint density at radius 1 is 1.28 bits per heavy atom. The van der Waals surface area contributed by atoms with Crippen molar-refractivity contribution in [1.82, 2.24) is 25.0 Å². The molecule has 18 heavy (non-hydrogen) atoms. The molecule has 2 aliphatic rings. The van der Waals surface area contributed by atoms with Gasteiger partial charge in [-0.1, -0.05) is 0 Å². The van der Waals surface area contributed by atoms with E-state index in [1.807, 2.05) is 6.92 Å². The summed E-state index contributed by atoms with van der Waals surface area (Å²) in [5.74, 6) is 2.17. The summed E-state index contributed by atoms with van der Waals surface area (Å²) in [5, 5.41) is 12.0. The fourth-order valence-corrected chi connectivity index (χ4v) is 3.00. The quantitative estimate of drug-likeness (QED) is 0.843. The number of aryl methyl sites for hydroxylation is 1. The molecule has 5 heteroatoms. The number of aromatic nitrogens is 3. The van der Waals surface area contributed by atoms with Gasteiger partial charge in [0.15, 0.2) is 0 Å². The third kappa shape index (κ3) is 2.29. The van der Waals surface area contributed by atoms with Gasteiger partial charge in [-0.05, 0) is 39.7 Å². The zero-order chi connectivity index (χ0) is 12.5. The van der Waals surface area contributed by atoms with Crippen molar-refractivity contribution in [3.63, 3.8) is 0 Å². The largest absolute Gasteiger partial charge is 0.315 e. The van der Waals surface area contributed by atoms with Gasteiger partial charge in [0, 0.05) is 25.2 Å². The molecule has 3 rings (SSSR count). The monoisotopic (exact) mass is 249 g/mol. The lowest BCUT2D eigenvalue weighted by Crippen LogP contribution is -2.38. The lowest BCUT2D eigenvalue weighted by Gasteiger charge is -2.27. The van der Waals surface area contributed by atoms with Crippen LogP contribution in [0.5, 0.6) is 0 Å². The van der Waals surface area contributed by atoms with Gasteiger partial charge in [0.2, 0.25) is 0 Å². The Morgan fingerprint density at radius 2 is 2.11 bits per heavy atom. The number of rotatable bonds is 5. The molecule has 2 heterocycles. The van der Waals surface area contributed by atoms with Crippen molar-refractivity contribution in [2.75, 3.05) is 13.1 Å². The molecular weight excluding hydrogens is 226 g/mol. The Labute approximate surface area is 109 Å². The maximum atomic E-state index is 4.36. The second-order valence-corrected chi connectivity index (χ2v) is 5.46. The van der Waals surface area contributed by atoms with Crippen molar-refractivity contribution in [2.45, 2.75) is 58.3 Å². The Morgan fingerprint density at radius 3 is 2.72 bits per heavy atom. The minimum Gasteiger partial charge on any atom is -0.315 e.